The molecule has 4 aromatic carbocycles. The molecule has 0 saturated heterocycles. The van der Waals surface area contributed by atoms with Crippen molar-refractivity contribution in [3.63, 3.8) is 0 Å². The van der Waals surface area contributed by atoms with Gasteiger partial charge in [-0.25, -0.2) is 4.79 Å². The van der Waals surface area contributed by atoms with Gasteiger partial charge in [-0.3, -0.25) is 0 Å². The molecule has 1 aliphatic heterocycles. The quantitative estimate of drug-likeness (QED) is 0.158. The Morgan fingerprint density at radius 2 is 1.74 bits per heavy atom. The molecule has 1 aliphatic rings. The fourth-order valence-electron chi connectivity index (χ4n) is 4.55. The molecular weight excluding hydrogens is 575 g/mol. The number of hydrogen-bond acceptors (Lipinski definition) is 7. The lowest BCUT2D eigenvalue weighted by atomic mass is 9.83. The summed E-state index contributed by atoms with van der Waals surface area (Å²) in [6.45, 7) is 2.03. The maximum Gasteiger partial charge on any atom is 0.349 e. The van der Waals surface area contributed by atoms with E-state index < -0.39 is 11.9 Å². The van der Waals surface area contributed by atoms with Crippen molar-refractivity contribution in [2.24, 2.45) is 5.73 Å². The van der Waals surface area contributed by atoms with Crippen LogP contribution in [0.15, 0.2) is 96.4 Å². The molecule has 1 atom stereocenters. The number of nitriles is 1. The highest BCUT2D eigenvalue weighted by molar-refractivity contribution is 6.35. The van der Waals surface area contributed by atoms with E-state index in [9.17, 15) is 10.1 Å². The number of allylic oxidation sites excluding steroid dienone is 1. The Morgan fingerprint density at radius 1 is 0.952 bits per heavy atom. The first-order valence-corrected chi connectivity index (χ1v) is 13.9. The zero-order valence-electron chi connectivity index (χ0n) is 22.6. The van der Waals surface area contributed by atoms with Gasteiger partial charge < -0.3 is 24.7 Å². The van der Waals surface area contributed by atoms with Gasteiger partial charge >= 0.3 is 5.97 Å². The SMILES string of the molecule is CCc1ccc(OCC(=O)Oc2ccc3c(c2)OC(N)=C(C#N)C3c2cccc(OCc3ccc(Cl)cc3Cl)c2)cc1. The van der Waals surface area contributed by atoms with E-state index in [2.05, 4.69) is 13.0 Å². The number of nitrogens with two attached hydrogens (primary N) is 1. The monoisotopic (exact) mass is 600 g/mol. The van der Waals surface area contributed by atoms with E-state index in [1.807, 2.05) is 48.5 Å². The molecule has 0 aromatic heterocycles. The molecule has 5 rings (SSSR count). The number of carbonyl (C=O) groups excluding carboxylic acids is 1. The number of hydrogen-bond donors (Lipinski definition) is 1. The summed E-state index contributed by atoms with van der Waals surface area (Å²) in [4.78, 5) is 12.5. The van der Waals surface area contributed by atoms with Crippen LogP contribution in [0.3, 0.4) is 0 Å². The topological polar surface area (TPSA) is 104 Å². The van der Waals surface area contributed by atoms with Gasteiger partial charge in [-0.2, -0.15) is 5.26 Å². The molecule has 7 nitrogen and oxygen atoms in total. The molecule has 0 aliphatic carbocycles. The standard InChI is InChI=1S/C33H26Cl2N2O5/c1-2-20-6-10-24(11-7-20)40-19-31(38)41-26-12-13-27-30(16-26)42-33(37)28(17-36)32(27)21-4-3-5-25(14-21)39-18-22-8-9-23(34)15-29(22)35/h3-16,32H,2,18-19,37H2,1H3. The average Bonchev–Trinajstić information content (AvgIpc) is 2.99. The Labute approximate surface area is 253 Å². The predicted molar refractivity (Wildman–Crippen MR) is 160 cm³/mol. The number of halogens is 2. The van der Waals surface area contributed by atoms with Gasteiger partial charge in [0.05, 0.1) is 5.92 Å². The van der Waals surface area contributed by atoms with Crippen molar-refractivity contribution < 1.29 is 23.7 Å². The van der Waals surface area contributed by atoms with Crippen LogP contribution >= 0.6 is 23.2 Å². The first-order valence-electron chi connectivity index (χ1n) is 13.1. The molecule has 9 heteroatoms. The van der Waals surface area contributed by atoms with Crippen molar-refractivity contribution in [3.05, 3.63) is 129 Å². The van der Waals surface area contributed by atoms with E-state index in [0.717, 1.165) is 17.5 Å². The molecule has 4 aromatic rings. The summed E-state index contributed by atoms with van der Waals surface area (Å²) in [6, 6.07) is 27.2. The number of carbonyl (C=O) groups is 1. The van der Waals surface area contributed by atoms with Crippen LogP contribution in [0.1, 0.15) is 35.1 Å². The smallest absolute Gasteiger partial charge is 0.349 e. The van der Waals surface area contributed by atoms with Gasteiger partial charge in [0.25, 0.3) is 0 Å². The van der Waals surface area contributed by atoms with Crippen molar-refractivity contribution in [1.82, 2.24) is 0 Å². The number of esters is 1. The van der Waals surface area contributed by atoms with E-state index in [1.54, 1.807) is 36.4 Å². The van der Waals surface area contributed by atoms with Crippen LogP contribution < -0.4 is 24.7 Å². The fraction of sp³-hybridized carbons (Fsp3) is 0.152. The van der Waals surface area contributed by atoms with E-state index in [1.165, 1.54) is 5.56 Å². The zero-order valence-corrected chi connectivity index (χ0v) is 24.1. The zero-order chi connectivity index (χ0) is 29.6. The van der Waals surface area contributed by atoms with Gasteiger partial charge in [0.2, 0.25) is 5.88 Å². The molecule has 212 valence electrons. The first-order chi connectivity index (χ1) is 20.3. The third-order valence-corrected chi connectivity index (χ3v) is 7.30. The Balaban J connectivity index is 1.32. The molecule has 1 heterocycles. The Kier molecular flexibility index (Phi) is 8.87. The molecular formula is C33H26Cl2N2O5. The Hall–Kier alpha value is -4.64. The molecule has 0 amide bonds. The largest absolute Gasteiger partial charge is 0.489 e. The van der Waals surface area contributed by atoms with Crippen molar-refractivity contribution in [3.8, 4) is 29.1 Å². The van der Waals surface area contributed by atoms with Crippen LogP contribution in [0.4, 0.5) is 0 Å². The number of fused-ring (bicyclic) bond motifs is 1. The van der Waals surface area contributed by atoms with Gasteiger partial charge in [0, 0.05) is 27.2 Å². The lowest BCUT2D eigenvalue weighted by Gasteiger charge is -2.27. The predicted octanol–water partition coefficient (Wildman–Crippen LogP) is 7.34. The van der Waals surface area contributed by atoms with E-state index in [0.29, 0.717) is 32.9 Å². The minimum atomic E-state index is -0.575. The fourth-order valence-corrected chi connectivity index (χ4v) is 5.01. The van der Waals surface area contributed by atoms with Crippen LogP contribution in [-0.4, -0.2) is 12.6 Å². The molecule has 0 spiro atoms. The number of rotatable bonds is 9. The number of ether oxygens (including phenoxy) is 4. The minimum absolute atomic E-state index is 0.0309. The van der Waals surface area contributed by atoms with E-state index >= 15 is 0 Å². The molecule has 1 unspecified atom stereocenters. The summed E-state index contributed by atoms with van der Waals surface area (Å²) in [6.07, 6.45) is 0.915. The van der Waals surface area contributed by atoms with Crippen molar-refractivity contribution in [2.45, 2.75) is 25.9 Å². The van der Waals surface area contributed by atoms with Crippen molar-refractivity contribution in [1.29, 1.82) is 5.26 Å². The summed E-state index contributed by atoms with van der Waals surface area (Å²) >= 11 is 12.3. The summed E-state index contributed by atoms with van der Waals surface area (Å²) in [5.41, 5.74) is 9.84. The van der Waals surface area contributed by atoms with Gasteiger partial charge in [-0.15, -0.1) is 0 Å². The molecule has 0 saturated carbocycles. The van der Waals surface area contributed by atoms with Crippen LogP contribution in [0, 0.1) is 11.3 Å². The van der Waals surface area contributed by atoms with Crippen LogP contribution in [0.25, 0.3) is 0 Å². The Morgan fingerprint density at radius 3 is 2.48 bits per heavy atom. The second kappa shape index (κ2) is 12.9. The number of nitrogens with zero attached hydrogens (tertiary/aromatic N) is 1. The van der Waals surface area contributed by atoms with Crippen LogP contribution in [0.5, 0.6) is 23.0 Å². The number of aryl methyl sites for hydroxylation is 1. The summed E-state index contributed by atoms with van der Waals surface area (Å²) in [5, 5.41) is 11.0. The van der Waals surface area contributed by atoms with Gasteiger partial charge in [0.15, 0.2) is 6.61 Å². The second-order valence-corrected chi connectivity index (χ2v) is 10.3. The average molecular weight is 601 g/mol. The van der Waals surface area contributed by atoms with Crippen molar-refractivity contribution in [2.75, 3.05) is 6.61 Å². The normalized spacial score (nSPS) is 13.9. The first kappa shape index (κ1) is 28.9. The summed E-state index contributed by atoms with van der Waals surface area (Å²) in [7, 11) is 0. The number of benzene rings is 4. The molecule has 0 bridgehead atoms. The van der Waals surface area contributed by atoms with E-state index in [-0.39, 0.29) is 30.4 Å². The third-order valence-electron chi connectivity index (χ3n) is 6.71. The lowest BCUT2D eigenvalue weighted by Crippen LogP contribution is -2.21. The third kappa shape index (κ3) is 6.63. The highest BCUT2D eigenvalue weighted by Crippen LogP contribution is 2.44. The summed E-state index contributed by atoms with van der Waals surface area (Å²) in [5.74, 6) is 0.651. The van der Waals surface area contributed by atoms with Crippen molar-refractivity contribution >= 4 is 29.2 Å². The maximum atomic E-state index is 12.5. The minimum Gasteiger partial charge on any atom is -0.489 e. The summed E-state index contributed by atoms with van der Waals surface area (Å²) < 4.78 is 22.8. The Bertz CT molecular complexity index is 1700. The molecule has 0 radical (unpaired) electrons. The molecule has 2 N–H and O–H groups in total. The van der Waals surface area contributed by atoms with Gasteiger partial charge in [0.1, 0.15) is 41.2 Å². The highest BCUT2D eigenvalue weighted by Gasteiger charge is 2.31. The molecule has 42 heavy (non-hydrogen) atoms. The maximum absolute atomic E-state index is 12.5. The van der Waals surface area contributed by atoms with E-state index in [4.69, 9.17) is 47.9 Å². The van der Waals surface area contributed by atoms with Gasteiger partial charge in [-0.1, -0.05) is 66.5 Å². The van der Waals surface area contributed by atoms with Gasteiger partial charge in [-0.05, 0) is 60.0 Å². The van der Waals surface area contributed by atoms with Crippen LogP contribution in [0.2, 0.25) is 10.0 Å². The lowest BCUT2D eigenvalue weighted by molar-refractivity contribution is -0.136. The molecule has 0 fully saturated rings. The second-order valence-electron chi connectivity index (χ2n) is 9.48. The highest BCUT2D eigenvalue weighted by atomic mass is 35.5. The van der Waals surface area contributed by atoms with Crippen LogP contribution in [-0.2, 0) is 17.8 Å².